The van der Waals surface area contributed by atoms with E-state index in [4.69, 9.17) is 9.47 Å². The third-order valence-electron chi connectivity index (χ3n) is 4.18. The molecular weight excluding hydrogens is 348 g/mol. The predicted molar refractivity (Wildman–Crippen MR) is 102 cm³/mol. The molecule has 1 aliphatic heterocycles. The van der Waals surface area contributed by atoms with E-state index in [1.165, 1.54) is 4.90 Å². The highest BCUT2D eigenvalue weighted by molar-refractivity contribution is 6.35. The summed E-state index contributed by atoms with van der Waals surface area (Å²) in [4.78, 5) is 28.7. The Bertz CT molecular complexity index is 697. The number of ether oxygens (including phenoxy) is 2. The van der Waals surface area contributed by atoms with Crippen LogP contribution < -0.4 is 4.74 Å². The van der Waals surface area contributed by atoms with Crippen LogP contribution in [0.3, 0.4) is 0 Å². The maximum absolute atomic E-state index is 13.0. The third kappa shape index (κ3) is 4.87. The zero-order chi connectivity index (χ0) is 20.0. The summed E-state index contributed by atoms with van der Waals surface area (Å²) in [6, 6.07) is 7.09. The van der Waals surface area contributed by atoms with Crippen LogP contribution in [0.2, 0.25) is 0 Å². The van der Waals surface area contributed by atoms with Gasteiger partial charge in [0.15, 0.2) is 0 Å². The second-order valence-electron chi connectivity index (χ2n) is 6.51. The lowest BCUT2D eigenvalue weighted by molar-refractivity contribution is -0.138. The molecule has 7 heteroatoms. The monoisotopic (exact) mass is 376 g/mol. The molecule has 1 heterocycles. The molecule has 2 amide bonds. The first-order valence-electron chi connectivity index (χ1n) is 9.18. The maximum atomic E-state index is 13.0. The fourth-order valence-corrected chi connectivity index (χ4v) is 2.91. The predicted octanol–water partition coefficient (Wildman–Crippen LogP) is 1.51. The van der Waals surface area contributed by atoms with E-state index in [2.05, 4.69) is 0 Å². The minimum atomic E-state index is -0.368. The normalized spacial score (nSPS) is 14.5. The number of carbonyl (C=O) groups excluding carboxylic acids is 2. The summed E-state index contributed by atoms with van der Waals surface area (Å²) in [5.74, 6) is -0.0189. The number of imide groups is 1. The van der Waals surface area contributed by atoms with Crippen molar-refractivity contribution in [3.05, 3.63) is 35.5 Å². The van der Waals surface area contributed by atoms with Gasteiger partial charge < -0.3 is 19.5 Å². The van der Waals surface area contributed by atoms with Gasteiger partial charge in [0.25, 0.3) is 11.8 Å². The van der Waals surface area contributed by atoms with Gasteiger partial charge in [0.1, 0.15) is 11.4 Å². The van der Waals surface area contributed by atoms with Gasteiger partial charge in [0, 0.05) is 13.6 Å². The molecule has 148 valence electrons. The number of carbonyl (C=O) groups is 2. The van der Waals surface area contributed by atoms with Crippen molar-refractivity contribution in [2.75, 3.05) is 40.0 Å². The number of amides is 2. The van der Waals surface area contributed by atoms with E-state index >= 15 is 0 Å². The summed E-state index contributed by atoms with van der Waals surface area (Å²) in [7, 11) is 1.69. The van der Waals surface area contributed by atoms with Gasteiger partial charge >= 0.3 is 0 Å². The van der Waals surface area contributed by atoms with E-state index in [1.54, 1.807) is 36.2 Å². The summed E-state index contributed by atoms with van der Waals surface area (Å²) < 4.78 is 10.9. The van der Waals surface area contributed by atoms with E-state index in [9.17, 15) is 14.7 Å². The number of rotatable bonds is 10. The molecule has 27 heavy (non-hydrogen) atoms. The van der Waals surface area contributed by atoms with Crippen molar-refractivity contribution in [1.29, 1.82) is 0 Å². The van der Waals surface area contributed by atoms with Crippen LogP contribution in [-0.2, 0) is 14.3 Å². The Kier molecular flexibility index (Phi) is 7.38. The van der Waals surface area contributed by atoms with Crippen molar-refractivity contribution < 1.29 is 24.2 Å². The molecule has 0 radical (unpaired) electrons. The number of aliphatic hydroxyl groups excluding tert-OH is 1. The molecule has 1 aromatic carbocycles. The zero-order valence-corrected chi connectivity index (χ0v) is 16.4. The molecule has 0 saturated carbocycles. The lowest BCUT2D eigenvalue weighted by atomic mass is 10.0. The molecular formula is C20H28N2O5. The van der Waals surface area contributed by atoms with Crippen LogP contribution in [-0.4, -0.2) is 72.8 Å². The highest BCUT2D eigenvalue weighted by Gasteiger charge is 2.40. The number of hydrogen-bond acceptors (Lipinski definition) is 6. The molecule has 0 saturated heterocycles. The van der Waals surface area contributed by atoms with Gasteiger partial charge in [-0.25, -0.2) is 0 Å². The Balaban J connectivity index is 2.34. The lowest BCUT2D eigenvalue weighted by Gasteiger charge is -2.20. The van der Waals surface area contributed by atoms with Crippen LogP contribution >= 0.6 is 0 Å². The number of likely N-dealkylation sites (N-methyl/N-ethyl adjacent to an activating group) is 1. The van der Waals surface area contributed by atoms with Crippen LogP contribution in [0.5, 0.6) is 5.75 Å². The summed E-state index contributed by atoms with van der Waals surface area (Å²) in [6.07, 6.45) is 0.0212. The van der Waals surface area contributed by atoms with Gasteiger partial charge in [0.05, 0.1) is 38.0 Å². The lowest BCUT2D eigenvalue weighted by Crippen LogP contribution is -2.37. The van der Waals surface area contributed by atoms with Gasteiger partial charge in [-0.1, -0.05) is 12.1 Å². The molecule has 1 aliphatic rings. The fourth-order valence-electron chi connectivity index (χ4n) is 2.91. The van der Waals surface area contributed by atoms with Gasteiger partial charge in [-0.2, -0.15) is 0 Å². The quantitative estimate of drug-likeness (QED) is 0.624. The standard InChI is InChI=1S/C20H28N2O5/c1-5-26-16-8-6-15(7-9-16)17-18(21(4)10-12-23)20(25)22(19(17)24)11-13-27-14(2)3/h6-9,14,23H,5,10-13H2,1-4H3. The number of benzene rings is 1. The van der Waals surface area contributed by atoms with Gasteiger partial charge in [-0.05, 0) is 38.5 Å². The zero-order valence-electron chi connectivity index (χ0n) is 16.4. The number of nitrogens with zero attached hydrogens (tertiary/aromatic N) is 2. The average Bonchev–Trinajstić information content (AvgIpc) is 2.87. The van der Waals surface area contributed by atoms with Gasteiger partial charge in [0.2, 0.25) is 0 Å². The van der Waals surface area contributed by atoms with Crippen molar-refractivity contribution >= 4 is 17.4 Å². The smallest absolute Gasteiger partial charge is 0.277 e. The van der Waals surface area contributed by atoms with Crippen molar-refractivity contribution in [3.63, 3.8) is 0 Å². The van der Waals surface area contributed by atoms with Crippen molar-refractivity contribution in [2.45, 2.75) is 26.9 Å². The van der Waals surface area contributed by atoms with Crippen LogP contribution in [0.25, 0.3) is 5.57 Å². The minimum Gasteiger partial charge on any atom is -0.494 e. The molecule has 0 unspecified atom stereocenters. The minimum absolute atomic E-state index is 0.0212. The Labute approximate surface area is 160 Å². The van der Waals surface area contributed by atoms with Crippen LogP contribution in [0.1, 0.15) is 26.3 Å². The van der Waals surface area contributed by atoms with E-state index in [0.717, 1.165) is 0 Å². The van der Waals surface area contributed by atoms with E-state index in [-0.39, 0.29) is 44.2 Å². The highest BCUT2D eigenvalue weighted by Crippen LogP contribution is 2.31. The maximum Gasteiger partial charge on any atom is 0.277 e. The van der Waals surface area contributed by atoms with E-state index < -0.39 is 0 Å². The molecule has 7 nitrogen and oxygen atoms in total. The van der Waals surface area contributed by atoms with Crippen molar-refractivity contribution in [3.8, 4) is 5.75 Å². The van der Waals surface area contributed by atoms with Crippen LogP contribution in [0.4, 0.5) is 0 Å². The largest absolute Gasteiger partial charge is 0.494 e. The molecule has 2 rings (SSSR count). The fraction of sp³-hybridized carbons (Fsp3) is 0.500. The highest BCUT2D eigenvalue weighted by atomic mass is 16.5. The molecule has 1 N–H and O–H groups in total. The van der Waals surface area contributed by atoms with E-state index in [0.29, 0.717) is 29.2 Å². The third-order valence-corrected chi connectivity index (χ3v) is 4.18. The summed E-state index contributed by atoms with van der Waals surface area (Å²) in [5, 5.41) is 9.26. The Morgan fingerprint density at radius 2 is 1.81 bits per heavy atom. The van der Waals surface area contributed by atoms with E-state index in [1.807, 2.05) is 20.8 Å². The molecule has 1 aromatic rings. The second kappa shape index (κ2) is 9.53. The second-order valence-corrected chi connectivity index (χ2v) is 6.51. The average molecular weight is 376 g/mol. The first kappa shape index (κ1) is 20.9. The summed E-state index contributed by atoms with van der Waals surface area (Å²) in [5.41, 5.74) is 1.27. The SMILES string of the molecule is CCOc1ccc(C2=C(N(C)CCO)C(=O)N(CCOC(C)C)C2=O)cc1. The first-order valence-corrected chi connectivity index (χ1v) is 9.18. The molecule has 0 aromatic heterocycles. The molecule has 0 aliphatic carbocycles. The Morgan fingerprint density at radius 3 is 2.37 bits per heavy atom. The summed E-state index contributed by atoms with van der Waals surface area (Å²) >= 11 is 0. The number of aliphatic hydroxyl groups is 1. The molecule has 0 atom stereocenters. The van der Waals surface area contributed by atoms with Crippen molar-refractivity contribution in [2.24, 2.45) is 0 Å². The molecule has 0 fully saturated rings. The van der Waals surface area contributed by atoms with Gasteiger partial charge in [-0.15, -0.1) is 0 Å². The topological polar surface area (TPSA) is 79.3 Å². The molecule has 0 bridgehead atoms. The van der Waals surface area contributed by atoms with Crippen molar-refractivity contribution in [1.82, 2.24) is 9.80 Å². The Morgan fingerprint density at radius 1 is 1.15 bits per heavy atom. The van der Waals surface area contributed by atoms with Crippen LogP contribution in [0.15, 0.2) is 30.0 Å². The number of hydrogen-bond donors (Lipinski definition) is 1. The Hall–Kier alpha value is -2.38. The first-order chi connectivity index (χ1) is 12.9. The van der Waals surface area contributed by atoms with Crippen LogP contribution in [0, 0.1) is 0 Å². The summed E-state index contributed by atoms with van der Waals surface area (Å²) in [6.45, 7) is 6.85. The van der Waals surface area contributed by atoms with Gasteiger partial charge in [-0.3, -0.25) is 14.5 Å². The molecule has 0 spiro atoms.